The van der Waals surface area contributed by atoms with Crippen molar-refractivity contribution in [2.24, 2.45) is 0 Å². The summed E-state index contributed by atoms with van der Waals surface area (Å²) in [5.74, 6) is 0.790. The molecule has 0 bridgehead atoms. The summed E-state index contributed by atoms with van der Waals surface area (Å²) in [6, 6.07) is 0. The standard InChI is InChI=1S/C13H23N5O3/c1-5-10-15-12(14-8-7-9-17(3)4)11(18(19)20)13(16-10)21-6-2/h5-9H2,1-4H3,(H,14,15,16). The molecule has 0 radical (unpaired) electrons. The van der Waals surface area contributed by atoms with E-state index in [0.29, 0.717) is 25.4 Å². The third kappa shape index (κ3) is 5.14. The summed E-state index contributed by atoms with van der Waals surface area (Å²) in [7, 11) is 3.96. The van der Waals surface area contributed by atoms with Crippen LogP contribution in [0, 0.1) is 10.1 Å². The lowest BCUT2D eigenvalue weighted by atomic mass is 10.3. The molecular weight excluding hydrogens is 274 g/mol. The first-order valence-corrected chi connectivity index (χ1v) is 7.06. The van der Waals surface area contributed by atoms with E-state index in [0.717, 1.165) is 13.0 Å². The van der Waals surface area contributed by atoms with Crippen LogP contribution < -0.4 is 10.1 Å². The van der Waals surface area contributed by atoms with Crippen LogP contribution in [-0.2, 0) is 6.42 Å². The molecule has 0 fully saturated rings. The van der Waals surface area contributed by atoms with Gasteiger partial charge in [-0.1, -0.05) is 6.92 Å². The molecule has 1 heterocycles. The normalized spacial score (nSPS) is 10.7. The maximum absolute atomic E-state index is 11.3. The Morgan fingerprint density at radius 2 is 2.05 bits per heavy atom. The molecule has 0 amide bonds. The topological polar surface area (TPSA) is 93.4 Å². The van der Waals surface area contributed by atoms with Gasteiger partial charge in [-0.15, -0.1) is 0 Å². The summed E-state index contributed by atoms with van der Waals surface area (Å²) < 4.78 is 5.28. The molecule has 0 aliphatic heterocycles. The number of nitrogens with zero attached hydrogens (tertiary/aromatic N) is 4. The monoisotopic (exact) mass is 297 g/mol. The average molecular weight is 297 g/mol. The van der Waals surface area contributed by atoms with Crippen LogP contribution >= 0.6 is 0 Å². The van der Waals surface area contributed by atoms with Gasteiger partial charge >= 0.3 is 5.69 Å². The van der Waals surface area contributed by atoms with Crippen molar-refractivity contribution in [3.8, 4) is 5.88 Å². The molecule has 21 heavy (non-hydrogen) atoms. The minimum Gasteiger partial charge on any atom is -0.473 e. The highest BCUT2D eigenvalue weighted by molar-refractivity contribution is 5.61. The van der Waals surface area contributed by atoms with E-state index >= 15 is 0 Å². The summed E-state index contributed by atoms with van der Waals surface area (Å²) in [5.41, 5.74) is -0.195. The van der Waals surface area contributed by atoms with Gasteiger partial charge in [0.05, 0.1) is 11.5 Å². The predicted molar refractivity (Wildman–Crippen MR) is 80.9 cm³/mol. The second-order valence-electron chi connectivity index (χ2n) is 4.77. The molecule has 1 rings (SSSR count). The molecule has 0 spiro atoms. The van der Waals surface area contributed by atoms with Crippen molar-refractivity contribution < 1.29 is 9.66 Å². The fourth-order valence-electron chi connectivity index (χ4n) is 1.76. The number of hydrogen-bond donors (Lipinski definition) is 1. The molecule has 0 saturated carbocycles. The van der Waals surface area contributed by atoms with E-state index in [4.69, 9.17) is 4.74 Å². The third-order valence-corrected chi connectivity index (χ3v) is 2.75. The first-order chi connectivity index (χ1) is 9.99. The summed E-state index contributed by atoms with van der Waals surface area (Å²) in [5, 5.41) is 14.3. The van der Waals surface area contributed by atoms with Crippen molar-refractivity contribution in [1.82, 2.24) is 14.9 Å². The number of aryl methyl sites for hydroxylation is 1. The Hall–Kier alpha value is -1.96. The number of anilines is 1. The number of hydrogen-bond acceptors (Lipinski definition) is 7. The Morgan fingerprint density at radius 1 is 1.33 bits per heavy atom. The number of nitrogens with one attached hydrogen (secondary N) is 1. The van der Waals surface area contributed by atoms with Gasteiger partial charge in [-0.05, 0) is 34.0 Å². The van der Waals surface area contributed by atoms with Crippen molar-refractivity contribution in [1.29, 1.82) is 0 Å². The van der Waals surface area contributed by atoms with Gasteiger partial charge in [-0.25, -0.2) is 4.98 Å². The lowest BCUT2D eigenvalue weighted by molar-refractivity contribution is -0.385. The van der Waals surface area contributed by atoms with Crippen LogP contribution in [0.4, 0.5) is 11.5 Å². The Bertz CT molecular complexity index is 479. The summed E-state index contributed by atoms with van der Waals surface area (Å²) >= 11 is 0. The molecule has 0 atom stereocenters. The SMILES string of the molecule is CCOc1nc(CC)nc(NCCCN(C)C)c1[N+](=O)[O-]. The van der Waals surface area contributed by atoms with E-state index in [-0.39, 0.29) is 17.4 Å². The molecular formula is C13H23N5O3. The number of aromatic nitrogens is 2. The van der Waals surface area contributed by atoms with Gasteiger partial charge < -0.3 is 15.0 Å². The molecule has 118 valence electrons. The van der Waals surface area contributed by atoms with Gasteiger partial charge in [0.15, 0.2) is 0 Å². The van der Waals surface area contributed by atoms with Crippen molar-refractivity contribution in [2.45, 2.75) is 26.7 Å². The minimum absolute atomic E-state index is 0.0319. The van der Waals surface area contributed by atoms with E-state index < -0.39 is 4.92 Å². The van der Waals surface area contributed by atoms with E-state index in [2.05, 4.69) is 20.2 Å². The van der Waals surface area contributed by atoms with Gasteiger partial charge in [0.2, 0.25) is 5.82 Å². The van der Waals surface area contributed by atoms with Gasteiger partial charge in [0.1, 0.15) is 5.82 Å². The molecule has 0 aromatic carbocycles. The highest BCUT2D eigenvalue weighted by Crippen LogP contribution is 2.31. The Kier molecular flexibility index (Phi) is 6.80. The summed E-state index contributed by atoms with van der Waals surface area (Å²) in [6.07, 6.45) is 1.45. The molecule has 8 heteroatoms. The smallest absolute Gasteiger partial charge is 0.372 e. The predicted octanol–water partition coefficient (Wildman–Crippen LogP) is 1.71. The van der Waals surface area contributed by atoms with Crippen LogP contribution in [0.15, 0.2) is 0 Å². The largest absolute Gasteiger partial charge is 0.473 e. The van der Waals surface area contributed by atoms with Crippen LogP contribution in [0.25, 0.3) is 0 Å². The van der Waals surface area contributed by atoms with Crippen molar-refractivity contribution in [3.05, 3.63) is 15.9 Å². The Morgan fingerprint density at radius 3 is 2.57 bits per heavy atom. The van der Waals surface area contributed by atoms with E-state index in [1.54, 1.807) is 6.92 Å². The first-order valence-electron chi connectivity index (χ1n) is 7.06. The quantitative estimate of drug-likeness (QED) is 0.421. The van der Waals surface area contributed by atoms with Crippen LogP contribution in [0.5, 0.6) is 5.88 Å². The fourth-order valence-corrected chi connectivity index (χ4v) is 1.76. The number of ether oxygens (including phenoxy) is 1. The summed E-state index contributed by atoms with van der Waals surface area (Å²) in [6.45, 7) is 5.48. The third-order valence-electron chi connectivity index (χ3n) is 2.75. The molecule has 8 nitrogen and oxygen atoms in total. The molecule has 1 aromatic rings. The highest BCUT2D eigenvalue weighted by atomic mass is 16.6. The second kappa shape index (κ2) is 8.35. The van der Waals surface area contributed by atoms with Gasteiger partial charge in [0.25, 0.3) is 5.88 Å². The van der Waals surface area contributed by atoms with E-state index in [9.17, 15) is 10.1 Å². The van der Waals surface area contributed by atoms with Gasteiger partial charge in [0, 0.05) is 13.0 Å². The average Bonchev–Trinajstić information content (AvgIpc) is 2.42. The zero-order chi connectivity index (χ0) is 15.8. The Balaban J connectivity index is 2.97. The second-order valence-corrected chi connectivity index (χ2v) is 4.77. The zero-order valence-electron chi connectivity index (χ0n) is 13.0. The maximum atomic E-state index is 11.3. The van der Waals surface area contributed by atoms with Crippen molar-refractivity contribution in [2.75, 3.05) is 39.1 Å². The van der Waals surface area contributed by atoms with Gasteiger partial charge in [-0.3, -0.25) is 10.1 Å². The Labute approximate surface area is 124 Å². The lowest BCUT2D eigenvalue weighted by Crippen LogP contribution is -2.17. The fraction of sp³-hybridized carbons (Fsp3) is 0.692. The first kappa shape index (κ1) is 17.1. The van der Waals surface area contributed by atoms with Crippen LogP contribution in [-0.4, -0.2) is 53.6 Å². The van der Waals surface area contributed by atoms with E-state index in [1.807, 2.05) is 21.0 Å². The van der Waals surface area contributed by atoms with Crippen molar-refractivity contribution >= 4 is 11.5 Å². The lowest BCUT2D eigenvalue weighted by Gasteiger charge is -2.12. The van der Waals surface area contributed by atoms with Gasteiger partial charge in [-0.2, -0.15) is 4.98 Å². The number of rotatable bonds is 9. The molecule has 0 saturated heterocycles. The van der Waals surface area contributed by atoms with Crippen LogP contribution in [0.1, 0.15) is 26.1 Å². The summed E-state index contributed by atoms with van der Waals surface area (Å²) in [4.78, 5) is 21.1. The molecule has 0 unspecified atom stereocenters. The molecule has 1 aromatic heterocycles. The minimum atomic E-state index is -0.501. The van der Waals surface area contributed by atoms with Crippen LogP contribution in [0.3, 0.4) is 0 Å². The zero-order valence-corrected chi connectivity index (χ0v) is 13.0. The van der Waals surface area contributed by atoms with E-state index in [1.165, 1.54) is 0 Å². The highest BCUT2D eigenvalue weighted by Gasteiger charge is 2.25. The van der Waals surface area contributed by atoms with Crippen molar-refractivity contribution in [3.63, 3.8) is 0 Å². The molecule has 1 N–H and O–H groups in total. The molecule has 0 aliphatic carbocycles. The molecule has 0 aliphatic rings. The number of nitro groups is 1. The van der Waals surface area contributed by atoms with Crippen LogP contribution in [0.2, 0.25) is 0 Å². The maximum Gasteiger partial charge on any atom is 0.372 e.